The average Bonchev–Trinajstić information content (AvgIpc) is 3.09. The first-order chi connectivity index (χ1) is 10.1. The molecule has 0 aromatic heterocycles. The van der Waals surface area contributed by atoms with Gasteiger partial charge in [-0.15, -0.1) is 0 Å². The molecule has 0 fully saturated rings. The molecule has 0 radical (unpaired) electrons. The van der Waals surface area contributed by atoms with E-state index in [1.807, 2.05) is 6.56 Å². The predicted octanol–water partition coefficient (Wildman–Crippen LogP) is 0.377. The van der Waals surface area contributed by atoms with Crippen LogP contribution in [0.2, 0.25) is 0 Å². The Hall–Kier alpha value is 0.423. The summed E-state index contributed by atoms with van der Waals surface area (Å²) in [6, 6.07) is 0. The van der Waals surface area contributed by atoms with Gasteiger partial charge in [-0.1, -0.05) is 0 Å². The van der Waals surface area contributed by atoms with Gasteiger partial charge in [0.2, 0.25) is 0 Å². The van der Waals surface area contributed by atoms with Gasteiger partial charge in [0.05, 0.1) is 0 Å². The van der Waals surface area contributed by atoms with Gasteiger partial charge in [0.25, 0.3) is 0 Å². The molecule has 0 saturated carbocycles. The van der Waals surface area contributed by atoms with Crippen LogP contribution in [0.1, 0.15) is 66.2 Å². The van der Waals surface area contributed by atoms with E-state index >= 15 is 0 Å². The first-order valence-electron chi connectivity index (χ1n) is 8.68. The Labute approximate surface area is 167 Å². The van der Waals surface area contributed by atoms with Crippen molar-refractivity contribution in [3.05, 3.63) is 42.0 Å². The van der Waals surface area contributed by atoms with Crippen LogP contribution in [-0.2, 0) is 23.2 Å². The van der Waals surface area contributed by atoms with E-state index in [2.05, 4.69) is 52.0 Å². The predicted molar refractivity (Wildman–Crippen MR) is 89.7 cm³/mol. The molecule has 0 heterocycles. The molecule has 2 atom stereocenters. The summed E-state index contributed by atoms with van der Waals surface area (Å²) < 4.78 is 3.72. The van der Waals surface area contributed by atoms with Crippen molar-refractivity contribution in [1.82, 2.24) is 0 Å². The minimum Gasteiger partial charge on any atom is -1.00 e. The van der Waals surface area contributed by atoms with Crippen molar-refractivity contribution in [2.75, 3.05) is 0 Å². The minimum absolute atomic E-state index is 0. The average molecular weight is 433 g/mol. The summed E-state index contributed by atoms with van der Waals surface area (Å²) in [4.78, 5) is 0. The Kier molecular flexibility index (Phi) is 12.1. The first kappa shape index (κ1) is 23.4. The van der Waals surface area contributed by atoms with E-state index in [-0.39, 0.29) is 24.8 Å². The number of hydrogen-bond donors (Lipinski definition) is 0. The smallest absolute Gasteiger partial charge is 1.00 e. The summed E-state index contributed by atoms with van der Waals surface area (Å²) in [6.07, 6.45) is 17.4. The molecule has 0 spiro atoms. The van der Waals surface area contributed by atoms with Crippen molar-refractivity contribution in [2.45, 2.75) is 66.2 Å². The van der Waals surface area contributed by atoms with Gasteiger partial charge in [0.15, 0.2) is 0 Å². The molecular weight excluding hydrogens is 402 g/mol. The van der Waals surface area contributed by atoms with E-state index < -0.39 is 23.2 Å². The van der Waals surface area contributed by atoms with Crippen LogP contribution in [0.5, 0.6) is 0 Å². The van der Waals surface area contributed by atoms with E-state index in [0.717, 1.165) is 11.8 Å². The molecule has 0 aromatic rings. The van der Waals surface area contributed by atoms with Crippen molar-refractivity contribution in [3.63, 3.8) is 0 Å². The summed E-state index contributed by atoms with van der Waals surface area (Å²) in [5, 5.41) is 0. The molecule has 0 nitrogen and oxygen atoms in total. The van der Waals surface area contributed by atoms with Gasteiger partial charge in [-0.2, -0.15) is 0 Å². The molecule has 2 rings (SSSR count). The van der Waals surface area contributed by atoms with Crippen LogP contribution in [0.3, 0.4) is 0 Å². The van der Waals surface area contributed by atoms with E-state index in [9.17, 15) is 0 Å². The second-order valence-corrected chi connectivity index (χ2v) is 10.4. The Balaban J connectivity index is 0.00000242. The quantitative estimate of drug-likeness (QED) is 0.520. The molecule has 0 N–H and O–H groups in total. The summed E-state index contributed by atoms with van der Waals surface area (Å²) in [6.45, 7) is 9.42. The number of hydrogen-bond acceptors (Lipinski definition) is 0. The maximum Gasteiger partial charge on any atom is -1.00 e. The SMILES string of the molecule is CCC(C)CC1=[C]([Zr+2][C]2=C(CC(C)CC)C=CC2)CC=C1.[Cl-].[Cl-]. The van der Waals surface area contributed by atoms with Gasteiger partial charge < -0.3 is 24.8 Å². The summed E-state index contributed by atoms with van der Waals surface area (Å²) in [5.41, 5.74) is 3.41. The monoisotopic (exact) mass is 430 g/mol. The molecule has 3 heteroatoms. The minimum atomic E-state index is -0.515. The van der Waals surface area contributed by atoms with E-state index in [0.29, 0.717) is 0 Å². The third-order valence-electron chi connectivity index (χ3n) is 4.89. The van der Waals surface area contributed by atoms with E-state index in [1.54, 1.807) is 11.1 Å². The summed E-state index contributed by atoms with van der Waals surface area (Å²) >= 11 is -0.515. The fourth-order valence-corrected chi connectivity index (χ4v) is 6.65. The number of halogens is 2. The van der Waals surface area contributed by atoms with Crippen molar-refractivity contribution in [2.24, 2.45) is 11.8 Å². The molecule has 2 aliphatic rings. The Bertz CT molecular complexity index is 442. The Morgan fingerprint density at radius 1 is 0.826 bits per heavy atom. The topological polar surface area (TPSA) is 0 Å². The van der Waals surface area contributed by atoms with Gasteiger partial charge in [0.1, 0.15) is 0 Å². The van der Waals surface area contributed by atoms with Crippen molar-refractivity contribution < 1.29 is 48.0 Å². The summed E-state index contributed by atoms with van der Waals surface area (Å²) in [5.74, 6) is 1.68. The second kappa shape index (κ2) is 11.9. The molecule has 23 heavy (non-hydrogen) atoms. The van der Waals surface area contributed by atoms with Crippen LogP contribution in [0.25, 0.3) is 0 Å². The zero-order chi connectivity index (χ0) is 15.2. The van der Waals surface area contributed by atoms with Crippen molar-refractivity contribution in [3.8, 4) is 0 Å². The van der Waals surface area contributed by atoms with E-state index in [4.69, 9.17) is 0 Å². The molecule has 0 bridgehead atoms. The van der Waals surface area contributed by atoms with Gasteiger partial charge in [-0.05, 0) is 0 Å². The maximum absolute atomic E-state index is 2.43. The molecule has 0 amide bonds. The normalized spacial score (nSPS) is 18.6. The van der Waals surface area contributed by atoms with Crippen molar-refractivity contribution in [1.29, 1.82) is 0 Å². The Morgan fingerprint density at radius 3 is 1.57 bits per heavy atom. The summed E-state index contributed by atoms with van der Waals surface area (Å²) in [7, 11) is 0. The molecule has 0 aromatic carbocycles. The fourth-order valence-electron chi connectivity index (χ4n) is 2.97. The largest absolute Gasteiger partial charge is 1.00 e. The first-order valence-corrected chi connectivity index (χ1v) is 11.1. The molecular formula is C20H30Cl2Zr. The van der Waals surface area contributed by atoms with Gasteiger partial charge >= 0.3 is 143 Å². The maximum atomic E-state index is 2.43. The standard InChI is InChI=1S/2C10H15.2ClH.Zr/c2*1-3-9(2)8-10-6-4-5-7-10;;;/h2*4,6,9H,3,5,8H2,1-2H3;2*1H;/q;;;;+2/p-2. The van der Waals surface area contributed by atoms with Crippen molar-refractivity contribution >= 4 is 0 Å². The van der Waals surface area contributed by atoms with Crippen LogP contribution in [-0.4, -0.2) is 0 Å². The van der Waals surface area contributed by atoms with Crippen LogP contribution in [0, 0.1) is 11.8 Å². The Morgan fingerprint density at radius 2 is 1.22 bits per heavy atom. The van der Waals surface area contributed by atoms with Crippen LogP contribution < -0.4 is 24.8 Å². The molecule has 2 aliphatic carbocycles. The third kappa shape index (κ3) is 7.05. The van der Waals surface area contributed by atoms with Crippen LogP contribution in [0.4, 0.5) is 0 Å². The molecule has 0 aliphatic heterocycles. The zero-order valence-electron chi connectivity index (χ0n) is 15.0. The van der Waals surface area contributed by atoms with Gasteiger partial charge in [0, 0.05) is 0 Å². The van der Waals surface area contributed by atoms with E-state index in [1.165, 1.54) is 38.5 Å². The van der Waals surface area contributed by atoms with Crippen LogP contribution >= 0.6 is 0 Å². The molecule has 0 saturated heterocycles. The molecule has 128 valence electrons. The molecule has 2 unspecified atom stereocenters. The fraction of sp³-hybridized carbons (Fsp3) is 0.600. The third-order valence-corrected chi connectivity index (χ3v) is 8.96. The van der Waals surface area contributed by atoms with Gasteiger partial charge in [-0.25, -0.2) is 0 Å². The zero-order valence-corrected chi connectivity index (χ0v) is 18.9. The second-order valence-electron chi connectivity index (χ2n) is 6.78. The van der Waals surface area contributed by atoms with Crippen LogP contribution in [0.15, 0.2) is 42.0 Å². The number of rotatable bonds is 8. The van der Waals surface area contributed by atoms with Gasteiger partial charge in [-0.3, -0.25) is 0 Å². The number of allylic oxidation sites excluding steroid dienone is 8.